The maximum absolute atomic E-state index is 12.8. The number of carbonyl (C=O) groups is 1. The van der Waals surface area contributed by atoms with Crippen molar-refractivity contribution in [3.8, 4) is 5.75 Å². The number of benzene rings is 2. The van der Waals surface area contributed by atoms with Crippen LogP contribution in [0.25, 0.3) is 0 Å². The summed E-state index contributed by atoms with van der Waals surface area (Å²) in [5.74, 6) is 0.917. The molecule has 120 valence electrons. The van der Waals surface area contributed by atoms with Crippen molar-refractivity contribution in [2.75, 3.05) is 13.7 Å². The molecule has 0 saturated carbocycles. The van der Waals surface area contributed by atoms with Crippen LogP contribution in [-0.2, 0) is 11.2 Å². The molecule has 2 aromatic rings. The number of nitrogens with zero attached hydrogens (tertiary/aromatic N) is 1. The number of ether oxygens (including phenoxy) is 1. The maximum atomic E-state index is 12.8. The predicted molar refractivity (Wildman–Crippen MR) is 91.8 cm³/mol. The van der Waals surface area contributed by atoms with E-state index in [1.807, 2.05) is 53.4 Å². The smallest absolute Gasteiger partial charge is 0.227 e. The van der Waals surface area contributed by atoms with Gasteiger partial charge in [0.1, 0.15) is 5.75 Å². The van der Waals surface area contributed by atoms with Crippen LogP contribution in [0, 0.1) is 0 Å². The van der Waals surface area contributed by atoms with Crippen LogP contribution in [0.5, 0.6) is 5.75 Å². The first-order valence-electron chi connectivity index (χ1n) is 7.86. The molecule has 0 aliphatic carbocycles. The molecule has 1 atom stereocenters. The van der Waals surface area contributed by atoms with Gasteiger partial charge in [-0.25, -0.2) is 0 Å². The topological polar surface area (TPSA) is 29.5 Å². The normalized spacial score (nSPS) is 17.3. The van der Waals surface area contributed by atoms with Gasteiger partial charge in [-0.2, -0.15) is 0 Å². The lowest BCUT2D eigenvalue weighted by Crippen LogP contribution is -2.32. The first-order valence-corrected chi connectivity index (χ1v) is 8.23. The Bertz CT molecular complexity index is 701. The third kappa shape index (κ3) is 3.50. The number of likely N-dealkylation sites (tertiary alicyclic amines) is 1. The Labute approximate surface area is 141 Å². The van der Waals surface area contributed by atoms with Gasteiger partial charge >= 0.3 is 0 Å². The number of carbonyl (C=O) groups excluding carboxylic acids is 1. The highest BCUT2D eigenvalue weighted by Crippen LogP contribution is 2.36. The molecular formula is C19H20ClNO2. The van der Waals surface area contributed by atoms with Crippen LogP contribution in [0.4, 0.5) is 0 Å². The molecule has 1 fully saturated rings. The van der Waals surface area contributed by atoms with E-state index in [-0.39, 0.29) is 11.9 Å². The minimum Gasteiger partial charge on any atom is -0.497 e. The summed E-state index contributed by atoms with van der Waals surface area (Å²) in [5, 5.41) is 0.735. The molecule has 3 rings (SSSR count). The zero-order chi connectivity index (χ0) is 16.2. The van der Waals surface area contributed by atoms with E-state index in [2.05, 4.69) is 0 Å². The molecule has 1 heterocycles. The lowest BCUT2D eigenvalue weighted by molar-refractivity contribution is -0.131. The van der Waals surface area contributed by atoms with E-state index in [4.69, 9.17) is 16.3 Å². The summed E-state index contributed by atoms with van der Waals surface area (Å²) >= 11 is 6.32. The number of amides is 1. The molecule has 0 spiro atoms. The van der Waals surface area contributed by atoms with Gasteiger partial charge in [0.2, 0.25) is 5.91 Å². The van der Waals surface area contributed by atoms with Gasteiger partial charge in [-0.1, -0.05) is 41.9 Å². The van der Waals surface area contributed by atoms with Gasteiger partial charge in [0.15, 0.2) is 0 Å². The van der Waals surface area contributed by atoms with Crippen molar-refractivity contribution in [1.82, 2.24) is 4.90 Å². The van der Waals surface area contributed by atoms with E-state index in [1.165, 1.54) is 0 Å². The van der Waals surface area contributed by atoms with Crippen LogP contribution in [-0.4, -0.2) is 24.5 Å². The third-order valence-corrected chi connectivity index (χ3v) is 4.67. The van der Waals surface area contributed by atoms with Crippen molar-refractivity contribution in [2.45, 2.75) is 25.3 Å². The Balaban J connectivity index is 1.77. The lowest BCUT2D eigenvalue weighted by Gasteiger charge is -2.26. The fourth-order valence-corrected chi connectivity index (χ4v) is 3.45. The highest BCUT2D eigenvalue weighted by atomic mass is 35.5. The Kier molecular flexibility index (Phi) is 4.87. The molecule has 1 saturated heterocycles. The van der Waals surface area contributed by atoms with Crippen LogP contribution in [0.15, 0.2) is 48.5 Å². The van der Waals surface area contributed by atoms with E-state index in [0.29, 0.717) is 6.42 Å². The molecule has 4 heteroatoms. The van der Waals surface area contributed by atoms with Gasteiger partial charge in [0.25, 0.3) is 0 Å². The van der Waals surface area contributed by atoms with Crippen molar-refractivity contribution >= 4 is 17.5 Å². The number of methoxy groups -OCH3 is 1. The average molecular weight is 330 g/mol. The summed E-state index contributed by atoms with van der Waals surface area (Å²) in [5.41, 5.74) is 2.02. The second-order valence-corrected chi connectivity index (χ2v) is 6.20. The first kappa shape index (κ1) is 15.9. The highest BCUT2D eigenvalue weighted by Gasteiger charge is 2.30. The number of rotatable bonds is 4. The minimum atomic E-state index is 0.0850. The molecule has 0 aromatic heterocycles. The highest BCUT2D eigenvalue weighted by molar-refractivity contribution is 6.31. The second kappa shape index (κ2) is 7.05. The summed E-state index contributed by atoms with van der Waals surface area (Å²) in [7, 11) is 1.63. The van der Waals surface area contributed by atoms with Crippen molar-refractivity contribution in [2.24, 2.45) is 0 Å². The zero-order valence-corrected chi connectivity index (χ0v) is 13.9. The van der Waals surface area contributed by atoms with Gasteiger partial charge in [-0.3, -0.25) is 4.79 Å². The average Bonchev–Trinajstić information content (AvgIpc) is 3.05. The fraction of sp³-hybridized carbons (Fsp3) is 0.316. The summed E-state index contributed by atoms with van der Waals surface area (Å²) in [6, 6.07) is 15.6. The molecule has 23 heavy (non-hydrogen) atoms. The second-order valence-electron chi connectivity index (χ2n) is 5.79. The first-order chi connectivity index (χ1) is 11.2. The van der Waals surface area contributed by atoms with Crippen molar-refractivity contribution in [3.63, 3.8) is 0 Å². The molecule has 1 aliphatic heterocycles. The summed E-state index contributed by atoms with van der Waals surface area (Å²) in [4.78, 5) is 14.7. The van der Waals surface area contributed by atoms with Crippen LogP contribution in [0.1, 0.15) is 30.0 Å². The van der Waals surface area contributed by atoms with Gasteiger partial charge < -0.3 is 9.64 Å². The fourth-order valence-electron chi connectivity index (χ4n) is 3.19. The van der Waals surface area contributed by atoms with Crippen molar-refractivity contribution in [3.05, 3.63) is 64.7 Å². The van der Waals surface area contributed by atoms with Gasteiger partial charge in [-0.05, 0) is 42.2 Å². The summed E-state index contributed by atoms with van der Waals surface area (Å²) < 4.78 is 5.23. The molecular weight excluding hydrogens is 310 g/mol. The predicted octanol–water partition coefficient (Wildman–Crippen LogP) is 4.25. The van der Waals surface area contributed by atoms with Crippen LogP contribution in [0.3, 0.4) is 0 Å². The van der Waals surface area contributed by atoms with Crippen LogP contribution < -0.4 is 4.74 Å². The van der Waals surface area contributed by atoms with E-state index in [1.54, 1.807) is 7.11 Å². The molecule has 3 nitrogen and oxygen atoms in total. The molecule has 0 radical (unpaired) electrons. The zero-order valence-electron chi connectivity index (χ0n) is 13.2. The van der Waals surface area contributed by atoms with Gasteiger partial charge in [-0.15, -0.1) is 0 Å². The summed E-state index contributed by atoms with van der Waals surface area (Å²) in [6.45, 7) is 0.790. The van der Waals surface area contributed by atoms with E-state index >= 15 is 0 Å². The van der Waals surface area contributed by atoms with Crippen molar-refractivity contribution < 1.29 is 9.53 Å². The third-order valence-electron chi connectivity index (χ3n) is 4.33. The Hall–Kier alpha value is -2.00. The molecule has 1 aliphatic rings. The Morgan fingerprint density at radius 1 is 1.26 bits per heavy atom. The van der Waals surface area contributed by atoms with E-state index in [9.17, 15) is 4.79 Å². The summed E-state index contributed by atoms with van der Waals surface area (Å²) in [6.07, 6.45) is 2.37. The quantitative estimate of drug-likeness (QED) is 0.839. The number of halogens is 1. The van der Waals surface area contributed by atoms with E-state index < -0.39 is 0 Å². The molecule has 0 N–H and O–H groups in total. The van der Waals surface area contributed by atoms with E-state index in [0.717, 1.165) is 41.3 Å². The van der Waals surface area contributed by atoms with Crippen LogP contribution >= 0.6 is 11.6 Å². The van der Waals surface area contributed by atoms with Crippen LogP contribution in [0.2, 0.25) is 5.02 Å². The molecule has 0 bridgehead atoms. The Morgan fingerprint density at radius 3 is 2.87 bits per heavy atom. The largest absolute Gasteiger partial charge is 0.497 e. The Morgan fingerprint density at radius 2 is 2.09 bits per heavy atom. The maximum Gasteiger partial charge on any atom is 0.227 e. The number of hydrogen-bond acceptors (Lipinski definition) is 2. The SMILES string of the molecule is COc1cccc(CC(=O)N2CCCC2c2ccccc2Cl)c1. The van der Waals surface area contributed by atoms with Gasteiger partial charge in [0.05, 0.1) is 19.6 Å². The molecule has 1 unspecified atom stereocenters. The number of hydrogen-bond donors (Lipinski definition) is 0. The van der Waals surface area contributed by atoms with Crippen molar-refractivity contribution in [1.29, 1.82) is 0 Å². The monoisotopic (exact) mass is 329 g/mol. The molecule has 2 aromatic carbocycles. The standard InChI is InChI=1S/C19H20ClNO2/c1-23-15-7-4-6-14(12-15)13-19(22)21-11-5-10-18(21)16-8-2-3-9-17(16)20/h2-4,6-9,12,18H,5,10-11,13H2,1H3. The molecule has 1 amide bonds. The lowest BCUT2D eigenvalue weighted by atomic mass is 10.0. The minimum absolute atomic E-state index is 0.0850. The van der Waals surface area contributed by atoms with Gasteiger partial charge in [0, 0.05) is 11.6 Å².